The molecule has 2 saturated heterocycles. The fraction of sp³-hybridized carbons (Fsp3) is 0.321. The molecule has 41 heavy (non-hydrogen) atoms. The Bertz CT molecular complexity index is 1290. The lowest BCUT2D eigenvalue weighted by Crippen LogP contribution is -2.35. The first-order valence-electron chi connectivity index (χ1n) is 12.4. The third-order valence-corrected chi connectivity index (χ3v) is 5.84. The average molecular weight is 571 g/mol. The molecule has 0 aromatic heterocycles. The number of ether oxygens (including phenoxy) is 8. The van der Waals surface area contributed by atoms with E-state index < -0.39 is 54.4 Å². The summed E-state index contributed by atoms with van der Waals surface area (Å²) in [7, 11) is 0. The summed E-state index contributed by atoms with van der Waals surface area (Å²) in [6, 6.07) is 11.3. The highest BCUT2D eigenvalue weighted by molar-refractivity contribution is 5.92. The molecule has 0 saturated carbocycles. The Morgan fingerprint density at radius 1 is 0.756 bits per heavy atom. The van der Waals surface area contributed by atoms with Gasteiger partial charge in [0.1, 0.15) is 36.9 Å². The van der Waals surface area contributed by atoms with Crippen LogP contribution in [0.1, 0.15) is 27.6 Å². The van der Waals surface area contributed by atoms with Crippen LogP contribution >= 0.6 is 0 Å². The van der Waals surface area contributed by atoms with Crippen molar-refractivity contribution in [3.63, 3.8) is 0 Å². The molecule has 2 aliphatic rings. The smallest absolute Gasteiger partial charge is 0.459 e. The molecular weight excluding hydrogens is 544 g/mol. The lowest BCUT2D eigenvalue weighted by atomic mass is 10.1. The van der Waals surface area contributed by atoms with Crippen LogP contribution in [0.2, 0.25) is 0 Å². The summed E-state index contributed by atoms with van der Waals surface area (Å²) in [5.74, 6) is -2.11. The number of fused-ring (bicyclic) bond motifs is 1. The zero-order chi connectivity index (χ0) is 29.4. The molecule has 216 valence electrons. The largest absolute Gasteiger partial charge is 0.513 e. The van der Waals surface area contributed by atoms with Gasteiger partial charge >= 0.3 is 30.0 Å². The second-order valence-electron chi connectivity index (χ2n) is 8.70. The van der Waals surface area contributed by atoms with Gasteiger partial charge in [0.05, 0.1) is 24.3 Å². The molecule has 2 fully saturated rings. The molecule has 0 unspecified atom stereocenters. The van der Waals surface area contributed by atoms with Gasteiger partial charge in [-0.1, -0.05) is 6.58 Å². The molecule has 0 bridgehead atoms. The van der Waals surface area contributed by atoms with Crippen molar-refractivity contribution in [2.45, 2.75) is 31.3 Å². The predicted molar refractivity (Wildman–Crippen MR) is 135 cm³/mol. The molecule has 2 heterocycles. The minimum absolute atomic E-state index is 0.104. The standard InChI is InChI=1S/C28H26O13/c1-3-23(30)34-12-13-35-28(33)40-20-10-6-17(7-11-20)26(31)39-19-8-4-18(5-9-19)27(32)41-22-15-37-24-21(38-16(2)29)14-36-25(22)24/h3-11,21-22,24-25H,1,12-15H2,2H3/t21-,22-,24+,25+/m1/s1. The SMILES string of the molecule is C=CC(=O)OCCOC(=O)Oc1ccc(C(=O)Oc2ccc(C(=O)O[C@@H]3CO[C@@H]4[C@H]3OC[C@H]4OC(C)=O)cc2)cc1. The Balaban J connectivity index is 1.22. The molecule has 0 spiro atoms. The molecule has 4 rings (SSSR count). The van der Waals surface area contributed by atoms with Gasteiger partial charge in [-0.3, -0.25) is 4.79 Å². The molecule has 0 radical (unpaired) electrons. The monoisotopic (exact) mass is 570 g/mol. The summed E-state index contributed by atoms with van der Waals surface area (Å²) in [5.41, 5.74) is 0.389. The lowest BCUT2D eigenvalue weighted by molar-refractivity contribution is -0.151. The zero-order valence-electron chi connectivity index (χ0n) is 21.8. The highest BCUT2D eigenvalue weighted by atomic mass is 16.7. The number of hydrogen-bond donors (Lipinski definition) is 0. The van der Waals surface area contributed by atoms with Crippen LogP contribution in [-0.2, 0) is 38.0 Å². The zero-order valence-corrected chi connectivity index (χ0v) is 21.8. The molecule has 0 amide bonds. The van der Waals surface area contributed by atoms with Crippen molar-refractivity contribution < 1.29 is 61.9 Å². The summed E-state index contributed by atoms with van der Waals surface area (Å²) in [6.07, 6.45) is -2.30. The molecule has 0 N–H and O–H groups in total. The second-order valence-corrected chi connectivity index (χ2v) is 8.70. The minimum Gasteiger partial charge on any atom is -0.459 e. The van der Waals surface area contributed by atoms with Crippen LogP contribution in [0.15, 0.2) is 61.2 Å². The lowest BCUT2D eigenvalue weighted by Gasteiger charge is -2.17. The van der Waals surface area contributed by atoms with E-state index in [1.165, 1.54) is 55.5 Å². The molecule has 4 atom stereocenters. The van der Waals surface area contributed by atoms with Gasteiger partial charge in [-0.2, -0.15) is 0 Å². The minimum atomic E-state index is -1.02. The first kappa shape index (κ1) is 29.2. The maximum absolute atomic E-state index is 12.6. The van der Waals surface area contributed by atoms with Crippen LogP contribution < -0.4 is 9.47 Å². The third-order valence-electron chi connectivity index (χ3n) is 5.84. The summed E-state index contributed by atoms with van der Waals surface area (Å²) < 4.78 is 41.7. The van der Waals surface area contributed by atoms with Crippen LogP contribution in [0.25, 0.3) is 0 Å². The third kappa shape index (κ3) is 7.90. The summed E-state index contributed by atoms with van der Waals surface area (Å²) >= 11 is 0. The molecule has 2 aliphatic heterocycles. The van der Waals surface area contributed by atoms with E-state index in [0.717, 1.165) is 6.08 Å². The molecule has 13 nitrogen and oxygen atoms in total. The van der Waals surface area contributed by atoms with Gasteiger partial charge in [0.15, 0.2) is 12.2 Å². The Morgan fingerprint density at radius 3 is 1.83 bits per heavy atom. The van der Waals surface area contributed by atoms with Gasteiger partial charge in [0.2, 0.25) is 0 Å². The normalized spacial score (nSPS) is 20.7. The van der Waals surface area contributed by atoms with Crippen LogP contribution in [0.4, 0.5) is 4.79 Å². The van der Waals surface area contributed by atoms with Crippen molar-refractivity contribution >= 4 is 30.0 Å². The van der Waals surface area contributed by atoms with Crippen LogP contribution in [0, 0.1) is 0 Å². The number of carbonyl (C=O) groups is 5. The van der Waals surface area contributed by atoms with E-state index in [4.69, 9.17) is 33.2 Å². The molecule has 0 aliphatic carbocycles. The second kappa shape index (κ2) is 13.5. The fourth-order valence-electron chi connectivity index (χ4n) is 3.99. The number of carbonyl (C=O) groups excluding carboxylic acids is 5. The van der Waals surface area contributed by atoms with Crippen molar-refractivity contribution in [1.82, 2.24) is 0 Å². The predicted octanol–water partition coefficient (Wildman–Crippen LogP) is 2.41. The molecular formula is C28H26O13. The van der Waals surface area contributed by atoms with E-state index in [1.54, 1.807) is 0 Å². The van der Waals surface area contributed by atoms with Crippen molar-refractivity contribution in [3.8, 4) is 11.5 Å². The van der Waals surface area contributed by atoms with Crippen LogP contribution in [0.3, 0.4) is 0 Å². The van der Waals surface area contributed by atoms with Crippen molar-refractivity contribution in [1.29, 1.82) is 0 Å². The first-order chi connectivity index (χ1) is 19.7. The maximum Gasteiger partial charge on any atom is 0.513 e. The Hall–Kier alpha value is -4.75. The van der Waals surface area contributed by atoms with Crippen molar-refractivity contribution in [2.24, 2.45) is 0 Å². The van der Waals surface area contributed by atoms with E-state index in [-0.39, 0.29) is 49.1 Å². The van der Waals surface area contributed by atoms with Gasteiger partial charge < -0.3 is 37.9 Å². The van der Waals surface area contributed by atoms with Gasteiger partial charge in [-0.25, -0.2) is 19.2 Å². The fourth-order valence-corrected chi connectivity index (χ4v) is 3.99. The summed E-state index contributed by atoms with van der Waals surface area (Å²) in [6.45, 7) is 4.43. The Morgan fingerprint density at radius 2 is 1.27 bits per heavy atom. The molecule has 2 aromatic carbocycles. The van der Waals surface area contributed by atoms with Gasteiger partial charge in [-0.05, 0) is 48.5 Å². The van der Waals surface area contributed by atoms with E-state index >= 15 is 0 Å². The number of esters is 4. The summed E-state index contributed by atoms with van der Waals surface area (Å²) in [4.78, 5) is 59.0. The van der Waals surface area contributed by atoms with Crippen molar-refractivity contribution in [2.75, 3.05) is 26.4 Å². The van der Waals surface area contributed by atoms with Crippen molar-refractivity contribution in [3.05, 3.63) is 72.3 Å². The first-order valence-corrected chi connectivity index (χ1v) is 12.4. The van der Waals surface area contributed by atoms with Gasteiger partial charge in [-0.15, -0.1) is 0 Å². The van der Waals surface area contributed by atoms with Crippen LogP contribution in [-0.4, -0.2) is 80.9 Å². The number of rotatable bonds is 10. The topological polar surface area (TPSA) is 159 Å². The highest BCUT2D eigenvalue weighted by Crippen LogP contribution is 2.31. The average Bonchev–Trinajstić information content (AvgIpc) is 3.54. The van der Waals surface area contributed by atoms with Crippen LogP contribution in [0.5, 0.6) is 11.5 Å². The van der Waals surface area contributed by atoms with E-state index in [1.807, 2.05) is 0 Å². The van der Waals surface area contributed by atoms with Gasteiger partial charge in [0, 0.05) is 13.0 Å². The number of benzene rings is 2. The summed E-state index contributed by atoms with van der Waals surface area (Å²) in [5, 5.41) is 0. The Labute approximate surface area is 233 Å². The van der Waals surface area contributed by atoms with Gasteiger partial charge in [0.25, 0.3) is 0 Å². The Kier molecular flexibility index (Phi) is 9.66. The molecule has 2 aromatic rings. The van der Waals surface area contributed by atoms with E-state index in [9.17, 15) is 24.0 Å². The van der Waals surface area contributed by atoms with E-state index in [0.29, 0.717) is 0 Å². The van der Waals surface area contributed by atoms with E-state index in [2.05, 4.69) is 11.3 Å². The quantitative estimate of drug-likeness (QED) is 0.102. The highest BCUT2D eigenvalue weighted by Gasteiger charge is 2.51. The maximum atomic E-state index is 12.6. The number of hydrogen-bond acceptors (Lipinski definition) is 13. The molecule has 13 heteroatoms.